The Balaban J connectivity index is 2.55. The molecule has 5 nitrogen and oxygen atoms in total. The van der Waals surface area contributed by atoms with E-state index in [1.165, 1.54) is 7.11 Å². The highest BCUT2D eigenvalue weighted by Crippen LogP contribution is 2.20. The van der Waals surface area contributed by atoms with Crippen LogP contribution in [0, 0.1) is 0 Å². The minimum Gasteiger partial charge on any atom is -0.468 e. The maximum absolute atomic E-state index is 11.8. The first-order valence-corrected chi connectivity index (χ1v) is 6.96. The first-order chi connectivity index (χ1) is 8.75. The molecule has 1 saturated heterocycles. The molecule has 0 bridgehead atoms. The van der Waals surface area contributed by atoms with Gasteiger partial charge >= 0.3 is 5.97 Å². The van der Waals surface area contributed by atoms with Crippen molar-refractivity contribution >= 4 is 5.97 Å². The lowest BCUT2D eigenvalue weighted by Crippen LogP contribution is -2.59. The van der Waals surface area contributed by atoms with Crippen molar-refractivity contribution in [2.45, 2.75) is 38.3 Å². The van der Waals surface area contributed by atoms with Crippen LogP contribution in [0.25, 0.3) is 0 Å². The lowest BCUT2D eigenvalue weighted by molar-refractivity contribution is -0.148. The molecule has 0 radical (unpaired) electrons. The molecule has 1 aliphatic heterocycles. The van der Waals surface area contributed by atoms with Gasteiger partial charge in [-0.15, -0.1) is 0 Å². The number of hydrogen-bond acceptors (Lipinski definition) is 5. The van der Waals surface area contributed by atoms with Gasteiger partial charge in [-0.25, -0.2) is 0 Å². The van der Waals surface area contributed by atoms with Crippen molar-refractivity contribution in [1.82, 2.24) is 15.1 Å². The van der Waals surface area contributed by atoms with Gasteiger partial charge in [0.1, 0.15) is 5.54 Å². The molecule has 1 N–H and O–H groups in total. The summed E-state index contributed by atoms with van der Waals surface area (Å²) in [6, 6.07) is 0. The molecule has 0 aromatic rings. The van der Waals surface area contributed by atoms with Gasteiger partial charge in [-0.3, -0.25) is 9.69 Å². The van der Waals surface area contributed by atoms with Crippen LogP contribution in [-0.4, -0.2) is 74.2 Å². The van der Waals surface area contributed by atoms with Crippen molar-refractivity contribution in [2.75, 3.05) is 47.4 Å². The van der Waals surface area contributed by atoms with E-state index in [9.17, 15) is 4.79 Å². The van der Waals surface area contributed by atoms with Crippen LogP contribution in [0.1, 0.15) is 27.2 Å². The van der Waals surface area contributed by atoms with Gasteiger partial charge in [0, 0.05) is 31.7 Å². The topological polar surface area (TPSA) is 44.8 Å². The number of carbonyl (C=O) groups is 1. The van der Waals surface area contributed by atoms with E-state index in [-0.39, 0.29) is 11.5 Å². The molecule has 1 heterocycles. The smallest absolute Gasteiger partial charge is 0.325 e. The van der Waals surface area contributed by atoms with Crippen LogP contribution in [0.2, 0.25) is 0 Å². The zero-order chi connectivity index (χ0) is 14.7. The normalized spacial score (nSPS) is 23.9. The average Bonchev–Trinajstić information content (AvgIpc) is 2.38. The van der Waals surface area contributed by atoms with Gasteiger partial charge in [0.25, 0.3) is 0 Å². The number of carbonyl (C=O) groups excluding carboxylic acids is 1. The Bertz CT molecular complexity index is 320. The third-order valence-electron chi connectivity index (χ3n) is 4.51. The Kier molecular flexibility index (Phi) is 5.35. The molecule has 0 aromatic carbocycles. The first kappa shape index (κ1) is 16.4. The number of nitrogens with zero attached hydrogens (tertiary/aromatic N) is 2. The number of nitrogens with one attached hydrogen (secondary N) is 1. The average molecular weight is 271 g/mol. The molecule has 1 fully saturated rings. The molecule has 0 spiro atoms. The summed E-state index contributed by atoms with van der Waals surface area (Å²) in [7, 11) is 5.42. The van der Waals surface area contributed by atoms with E-state index in [1.54, 1.807) is 0 Å². The molecule has 0 aliphatic carbocycles. The summed E-state index contributed by atoms with van der Waals surface area (Å²) in [6.07, 6.45) is 0.760. The summed E-state index contributed by atoms with van der Waals surface area (Å²) in [5.74, 6) is -0.191. The highest BCUT2D eigenvalue weighted by atomic mass is 16.5. The standard InChI is InChI=1S/C14H29N3O2/c1-13(2)11-17(10-9-16(13)5)8-7-14(3,15-4)12(18)19-6/h15H,7-11H2,1-6H3. The van der Waals surface area contributed by atoms with Gasteiger partial charge in [0.2, 0.25) is 0 Å². The summed E-state index contributed by atoms with van der Waals surface area (Å²) in [5.41, 5.74) is -0.401. The van der Waals surface area contributed by atoms with Crippen molar-refractivity contribution < 1.29 is 9.53 Å². The summed E-state index contributed by atoms with van der Waals surface area (Å²) in [4.78, 5) is 16.6. The second-order valence-electron chi connectivity index (χ2n) is 6.33. The van der Waals surface area contributed by atoms with Crippen LogP contribution < -0.4 is 5.32 Å². The Morgan fingerprint density at radius 1 is 1.42 bits per heavy atom. The van der Waals surface area contributed by atoms with E-state index in [0.717, 1.165) is 32.6 Å². The Labute approximate surface area is 117 Å². The second kappa shape index (κ2) is 6.20. The van der Waals surface area contributed by atoms with Gasteiger partial charge in [-0.05, 0) is 41.3 Å². The first-order valence-electron chi connectivity index (χ1n) is 6.96. The molecule has 19 heavy (non-hydrogen) atoms. The minimum atomic E-state index is -0.595. The van der Waals surface area contributed by atoms with Crippen LogP contribution in [0.5, 0.6) is 0 Å². The van der Waals surface area contributed by atoms with Crippen molar-refractivity contribution in [3.05, 3.63) is 0 Å². The zero-order valence-corrected chi connectivity index (χ0v) is 13.2. The maximum Gasteiger partial charge on any atom is 0.325 e. The van der Waals surface area contributed by atoms with E-state index in [0.29, 0.717) is 0 Å². The maximum atomic E-state index is 11.8. The lowest BCUT2D eigenvalue weighted by atomic mass is 9.95. The summed E-state index contributed by atoms with van der Waals surface area (Å²) < 4.78 is 4.88. The van der Waals surface area contributed by atoms with Gasteiger partial charge in [-0.2, -0.15) is 0 Å². The largest absolute Gasteiger partial charge is 0.468 e. The number of rotatable bonds is 5. The Morgan fingerprint density at radius 3 is 2.53 bits per heavy atom. The number of methoxy groups -OCH3 is 1. The number of esters is 1. The zero-order valence-electron chi connectivity index (χ0n) is 13.2. The third kappa shape index (κ3) is 3.91. The van der Waals surface area contributed by atoms with E-state index in [2.05, 4.69) is 36.0 Å². The molecule has 0 amide bonds. The fourth-order valence-corrected chi connectivity index (χ4v) is 2.47. The van der Waals surface area contributed by atoms with E-state index in [1.807, 2.05) is 14.0 Å². The van der Waals surface area contributed by atoms with Crippen LogP contribution in [0.15, 0.2) is 0 Å². The molecule has 0 saturated carbocycles. The minimum absolute atomic E-state index is 0.191. The highest BCUT2D eigenvalue weighted by Gasteiger charge is 2.35. The SMILES string of the molecule is CNC(C)(CCN1CCN(C)C(C)(C)C1)C(=O)OC. The molecule has 112 valence electrons. The van der Waals surface area contributed by atoms with Crippen LogP contribution in [0.4, 0.5) is 0 Å². The number of likely N-dealkylation sites (N-methyl/N-ethyl adjacent to an activating group) is 2. The summed E-state index contributed by atoms with van der Waals surface area (Å²) in [6.45, 7) is 10.5. The van der Waals surface area contributed by atoms with Crippen LogP contribution in [-0.2, 0) is 9.53 Å². The molecule has 1 unspecified atom stereocenters. The number of ether oxygens (including phenoxy) is 1. The number of piperazine rings is 1. The van der Waals surface area contributed by atoms with Gasteiger partial charge < -0.3 is 15.0 Å². The van der Waals surface area contributed by atoms with Crippen LogP contribution >= 0.6 is 0 Å². The Morgan fingerprint density at radius 2 is 2.05 bits per heavy atom. The summed E-state index contributed by atoms with van der Waals surface area (Å²) >= 11 is 0. The third-order valence-corrected chi connectivity index (χ3v) is 4.51. The summed E-state index contributed by atoms with van der Waals surface area (Å²) in [5, 5.41) is 3.09. The fourth-order valence-electron chi connectivity index (χ4n) is 2.47. The molecule has 0 aromatic heterocycles. The van der Waals surface area contributed by atoms with E-state index >= 15 is 0 Å². The van der Waals surface area contributed by atoms with Crippen molar-refractivity contribution in [2.24, 2.45) is 0 Å². The lowest BCUT2D eigenvalue weighted by Gasteiger charge is -2.46. The molecule has 1 aliphatic rings. The van der Waals surface area contributed by atoms with Gasteiger partial charge in [0.05, 0.1) is 7.11 Å². The van der Waals surface area contributed by atoms with Crippen molar-refractivity contribution in [3.8, 4) is 0 Å². The van der Waals surface area contributed by atoms with Gasteiger partial charge in [-0.1, -0.05) is 0 Å². The second-order valence-corrected chi connectivity index (χ2v) is 6.33. The molecule has 1 rings (SSSR count). The van der Waals surface area contributed by atoms with Gasteiger partial charge in [0.15, 0.2) is 0 Å². The monoisotopic (exact) mass is 271 g/mol. The molecule has 5 heteroatoms. The highest BCUT2D eigenvalue weighted by molar-refractivity contribution is 5.80. The van der Waals surface area contributed by atoms with Crippen LogP contribution in [0.3, 0.4) is 0 Å². The van der Waals surface area contributed by atoms with Crippen molar-refractivity contribution in [1.29, 1.82) is 0 Å². The van der Waals surface area contributed by atoms with E-state index < -0.39 is 5.54 Å². The predicted octanol–water partition coefficient (Wildman–Crippen LogP) is 0.554. The van der Waals surface area contributed by atoms with E-state index in [4.69, 9.17) is 4.74 Å². The quantitative estimate of drug-likeness (QED) is 0.740. The van der Waals surface area contributed by atoms with Crippen molar-refractivity contribution in [3.63, 3.8) is 0 Å². The molecule has 1 atom stereocenters. The molecular weight excluding hydrogens is 242 g/mol. The predicted molar refractivity (Wildman–Crippen MR) is 77.2 cm³/mol. The fraction of sp³-hybridized carbons (Fsp3) is 0.929. The number of hydrogen-bond donors (Lipinski definition) is 1. The molecular formula is C14H29N3O2. The Hall–Kier alpha value is -0.650.